The van der Waals surface area contributed by atoms with Crippen LogP contribution in [0.2, 0.25) is 20.1 Å². The van der Waals surface area contributed by atoms with E-state index in [1.54, 1.807) is 12.1 Å². The van der Waals surface area contributed by atoms with Crippen LogP contribution in [-0.2, 0) is 6.42 Å². The maximum atomic E-state index is 6.16. The molecule has 0 atom stereocenters. The topological polar surface area (TPSA) is 52.0 Å². The van der Waals surface area contributed by atoms with Crippen molar-refractivity contribution < 1.29 is 0 Å². The molecule has 2 nitrogen and oxygen atoms in total. The average molecular weight is 336 g/mol. The summed E-state index contributed by atoms with van der Waals surface area (Å²) >= 11 is 24.3. The van der Waals surface area contributed by atoms with Crippen LogP contribution in [0.3, 0.4) is 0 Å². The van der Waals surface area contributed by atoms with E-state index in [-0.39, 0.29) is 0 Å². The highest BCUT2D eigenvalue weighted by atomic mass is 35.5. The van der Waals surface area contributed by atoms with Crippen molar-refractivity contribution in [1.82, 2.24) is 0 Å². The second-order valence-corrected chi connectivity index (χ2v) is 5.57. The Morgan fingerprint density at radius 1 is 0.632 bits per heavy atom. The summed E-state index contributed by atoms with van der Waals surface area (Å²) in [7, 11) is 0. The summed E-state index contributed by atoms with van der Waals surface area (Å²) in [6, 6.07) is 7.03. The molecule has 0 unspecified atom stereocenters. The Kier molecular flexibility index (Phi) is 4.36. The Labute approximate surface area is 131 Å². The van der Waals surface area contributed by atoms with E-state index < -0.39 is 0 Å². The van der Waals surface area contributed by atoms with Crippen molar-refractivity contribution in [2.45, 2.75) is 6.42 Å². The molecule has 0 aliphatic heterocycles. The molecule has 0 bridgehead atoms. The highest BCUT2D eigenvalue weighted by molar-refractivity contribution is 6.45. The van der Waals surface area contributed by atoms with Crippen LogP contribution in [0.4, 0.5) is 11.4 Å². The molecule has 0 heterocycles. The van der Waals surface area contributed by atoms with Crippen molar-refractivity contribution in [2.75, 3.05) is 11.5 Å². The Morgan fingerprint density at radius 2 is 1.00 bits per heavy atom. The summed E-state index contributed by atoms with van der Waals surface area (Å²) in [5.74, 6) is 0. The third-order valence-electron chi connectivity index (χ3n) is 2.77. The maximum Gasteiger partial charge on any atom is 0.0824 e. The summed E-state index contributed by atoms with van der Waals surface area (Å²) in [6.45, 7) is 0. The number of hydrogen-bond acceptors (Lipinski definition) is 2. The molecule has 6 heteroatoms. The molecule has 19 heavy (non-hydrogen) atoms. The van der Waals surface area contributed by atoms with Crippen LogP contribution in [0, 0.1) is 0 Å². The average Bonchev–Trinajstić information content (AvgIpc) is 2.39. The first kappa shape index (κ1) is 14.6. The zero-order valence-corrected chi connectivity index (χ0v) is 12.7. The van der Waals surface area contributed by atoms with Crippen LogP contribution in [0.25, 0.3) is 0 Å². The molecular formula is C13H10Cl4N2. The lowest BCUT2D eigenvalue weighted by Crippen LogP contribution is -1.96. The largest absolute Gasteiger partial charge is 0.397 e. The number of rotatable bonds is 2. The van der Waals surface area contributed by atoms with E-state index in [0.29, 0.717) is 37.9 Å². The molecule has 0 aromatic heterocycles. The number of nitrogen functional groups attached to an aromatic ring is 2. The van der Waals surface area contributed by atoms with Crippen LogP contribution >= 0.6 is 46.4 Å². The van der Waals surface area contributed by atoms with Crippen molar-refractivity contribution in [3.8, 4) is 0 Å². The van der Waals surface area contributed by atoms with E-state index in [9.17, 15) is 0 Å². The predicted octanol–water partition coefficient (Wildman–Crippen LogP) is 5.06. The van der Waals surface area contributed by atoms with Gasteiger partial charge in [-0.2, -0.15) is 0 Å². The number of anilines is 2. The normalized spacial score (nSPS) is 10.7. The fraction of sp³-hybridized carbons (Fsp3) is 0.0769. The van der Waals surface area contributed by atoms with E-state index >= 15 is 0 Å². The van der Waals surface area contributed by atoms with Gasteiger partial charge in [0.05, 0.1) is 31.5 Å². The standard InChI is InChI=1S/C13H10Cl4N2/c14-10-6(1-3-8(18)12(10)16)5-7-2-4-9(19)13(17)11(7)15/h1-4H,5,18-19H2. The van der Waals surface area contributed by atoms with E-state index in [2.05, 4.69) is 0 Å². The zero-order chi connectivity index (χ0) is 14.2. The van der Waals surface area contributed by atoms with Crippen LogP contribution in [0.5, 0.6) is 0 Å². The van der Waals surface area contributed by atoms with Gasteiger partial charge in [0.25, 0.3) is 0 Å². The van der Waals surface area contributed by atoms with Gasteiger partial charge < -0.3 is 11.5 Å². The summed E-state index contributed by atoms with van der Waals surface area (Å²) in [6.07, 6.45) is 0.498. The molecule has 0 radical (unpaired) electrons. The van der Waals surface area contributed by atoms with Gasteiger partial charge in [-0.25, -0.2) is 0 Å². The van der Waals surface area contributed by atoms with Gasteiger partial charge in [-0.3, -0.25) is 0 Å². The van der Waals surface area contributed by atoms with Crippen LogP contribution < -0.4 is 11.5 Å². The lowest BCUT2D eigenvalue weighted by atomic mass is 10.0. The minimum atomic E-state index is 0.344. The quantitative estimate of drug-likeness (QED) is 0.754. The van der Waals surface area contributed by atoms with Gasteiger partial charge in [-0.1, -0.05) is 58.5 Å². The monoisotopic (exact) mass is 334 g/mol. The number of halogens is 4. The minimum absolute atomic E-state index is 0.344. The number of hydrogen-bond donors (Lipinski definition) is 2. The van der Waals surface area contributed by atoms with Crippen LogP contribution in [0.1, 0.15) is 11.1 Å². The molecule has 2 rings (SSSR count). The number of benzene rings is 2. The van der Waals surface area contributed by atoms with Gasteiger partial charge in [0.1, 0.15) is 0 Å². The molecule has 0 saturated carbocycles. The van der Waals surface area contributed by atoms with Gasteiger partial charge in [0.15, 0.2) is 0 Å². The molecular weight excluding hydrogens is 326 g/mol. The fourth-order valence-corrected chi connectivity index (χ4v) is 2.53. The van der Waals surface area contributed by atoms with Crippen molar-refractivity contribution >= 4 is 57.8 Å². The highest BCUT2D eigenvalue weighted by Crippen LogP contribution is 2.36. The van der Waals surface area contributed by atoms with E-state index in [4.69, 9.17) is 57.9 Å². The van der Waals surface area contributed by atoms with Gasteiger partial charge >= 0.3 is 0 Å². The molecule has 0 aliphatic rings. The molecule has 0 saturated heterocycles. The van der Waals surface area contributed by atoms with Crippen molar-refractivity contribution in [3.05, 3.63) is 55.5 Å². The molecule has 4 N–H and O–H groups in total. The van der Waals surface area contributed by atoms with Crippen LogP contribution in [-0.4, -0.2) is 0 Å². The third-order valence-corrected chi connectivity index (χ3v) is 4.64. The zero-order valence-electron chi connectivity index (χ0n) is 9.68. The van der Waals surface area contributed by atoms with E-state index in [1.807, 2.05) is 12.1 Å². The molecule has 0 fully saturated rings. The van der Waals surface area contributed by atoms with E-state index in [0.717, 1.165) is 11.1 Å². The molecule has 0 amide bonds. The Bertz CT molecular complexity index is 586. The van der Waals surface area contributed by atoms with Crippen molar-refractivity contribution in [3.63, 3.8) is 0 Å². The molecule has 0 aliphatic carbocycles. The minimum Gasteiger partial charge on any atom is -0.397 e. The first-order valence-electron chi connectivity index (χ1n) is 5.36. The Morgan fingerprint density at radius 3 is 1.37 bits per heavy atom. The summed E-state index contributed by atoms with van der Waals surface area (Å²) in [4.78, 5) is 0. The molecule has 100 valence electrons. The summed E-state index contributed by atoms with van der Waals surface area (Å²) in [5.41, 5.74) is 13.9. The van der Waals surface area contributed by atoms with Crippen molar-refractivity contribution in [1.29, 1.82) is 0 Å². The van der Waals surface area contributed by atoms with Gasteiger partial charge in [-0.15, -0.1) is 0 Å². The van der Waals surface area contributed by atoms with Gasteiger partial charge in [-0.05, 0) is 23.3 Å². The smallest absolute Gasteiger partial charge is 0.0824 e. The van der Waals surface area contributed by atoms with Crippen LogP contribution in [0.15, 0.2) is 24.3 Å². The first-order chi connectivity index (χ1) is 8.91. The second kappa shape index (κ2) is 5.68. The summed E-state index contributed by atoms with van der Waals surface area (Å²) < 4.78 is 0. The van der Waals surface area contributed by atoms with Gasteiger partial charge in [0, 0.05) is 6.42 Å². The predicted molar refractivity (Wildman–Crippen MR) is 84.6 cm³/mol. The molecule has 2 aromatic carbocycles. The Hall–Kier alpha value is -0.800. The third kappa shape index (κ3) is 2.87. The fourth-order valence-electron chi connectivity index (χ4n) is 1.69. The lowest BCUT2D eigenvalue weighted by Gasteiger charge is -2.11. The van der Waals surface area contributed by atoms with E-state index in [1.165, 1.54) is 0 Å². The second-order valence-electron chi connectivity index (χ2n) is 4.06. The molecule has 2 aromatic rings. The first-order valence-corrected chi connectivity index (χ1v) is 6.87. The lowest BCUT2D eigenvalue weighted by molar-refractivity contribution is 1.19. The number of nitrogens with two attached hydrogens (primary N) is 2. The SMILES string of the molecule is Nc1ccc(Cc2ccc(N)c(Cl)c2Cl)c(Cl)c1Cl. The summed E-state index contributed by atoms with van der Waals surface area (Å²) in [5, 5.41) is 1.53. The highest BCUT2D eigenvalue weighted by Gasteiger charge is 2.13. The van der Waals surface area contributed by atoms with Crippen molar-refractivity contribution in [2.24, 2.45) is 0 Å². The maximum absolute atomic E-state index is 6.16. The van der Waals surface area contributed by atoms with Gasteiger partial charge in [0.2, 0.25) is 0 Å². The molecule has 0 spiro atoms. The Balaban J connectivity index is 2.43.